The molecular weight excluding hydrogens is 388 g/mol. The van der Waals surface area contributed by atoms with Crippen LogP contribution < -0.4 is 10.1 Å². The maximum atomic E-state index is 12.2. The monoisotopic (exact) mass is 414 g/mol. The summed E-state index contributed by atoms with van der Waals surface area (Å²) in [6.07, 6.45) is 3.12. The average molecular weight is 415 g/mol. The molecule has 0 saturated carbocycles. The zero-order chi connectivity index (χ0) is 22.0. The van der Waals surface area contributed by atoms with Gasteiger partial charge in [-0.3, -0.25) is 10.1 Å². The van der Waals surface area contributed by atoms with Crippen molar-refractivity contribution >= 4 is 16.5 Å². The molecule has 31 heavy (non-hydrogen) atoms. The second-order valence-corrected chi connectivity index (χ2v) is 7.87. The molecule has 1 unspecified atom stereocenters. The van der Waals surface area contributed by atoms with E-state index in [4.69, 9.17) is 4.74 Å². The Morgan fingerprint density at radius 1 is 1.19 bits per heavy atom. The minimum absolute atomic E-state index is 0.0703. The summed E-state index contributed by atoms with van der Waals surface area (Å²) >= 11 is 0. The van der Waals surface area contributed by atoms with Crippen LogP contribution in [-0.4, -0.2) is 12.0 Å². The second kappa shape index (κ2) is 8.64. The van der Waals surface area contributed by atoms with Crippen molar-refractivity contribution < 1.29 is 9.66 Å². The smallest absolute Gasteiger partial charge is 0.296 e. The normalized spacial score (nSPS) is 16.5. The van der Waals surface area contributed by atoms with Gasteiger partial charge in [-0.05, 0) is 48.2 Å². The third kappa shape index (κ3) is 3.79. The minimum Gasteiger partial charge on any atom is -0.496 e. The van der Waals surface area contributed by atoms with Gasteiger partial charge < -0.3 is 10.1 Å². The Labute approximate surface area is 182 Å². The Bertz CT molecular complexity index is 1180. The number of benzene rings is 3. The number of methoxy groups -OCH3 is 1. The highest BCUT2D eigenvalue weighted by Crippen LogP contribution is 2.41. The molecule has 0 aliphatic heterocycles. The van der Waals surface area contributed by atoms with E-state index in [0.717, 1.165) is 21.9 Å². The van der Waals surface area contributed by atoms with Crippen LogP contribution >= 0.6 is 0 Å². The van der Waals surface area contributed by atoms with E-state index >= 15 is 0 Å². The standard InChI is InChI=1S/C26H26N2O3/c1-4-9-19-16-23-22(14-8-15-24(23)31-3)26(28(29)30)25(19)27-17(2)20-13-7-11-18-10-5-6-12-21(18)20/h4-8,10-15,17,19,27H,1,9,16H2,2-3H3/t17-,19?/m0/s1. The highest BCUT2D eigenvalue weighted by atomic mass is 16.6. The first-order chi connectivity index (χ1) is 15.0. The molecule has 0 spiro atoms. The van der Waals surface area contributed by atoms with E-state index in [-0.39, 0.29) is 22.6 Å². The number of rotatable bonds is 7. The maximum Gasteiger partial charge on any atom is 0.296 e. The molecule has 5 nitrogen and oxygen atoms in total. The molecule has 1 N–H and O–H groups in total. The molecule has 0 saturated heterocycles. The van der Waals surface area contributed by atoms with Crippen LogP contribution in [0.3, 0.4) is 0 Å². The van der Waals surface area contributed by atoms with Gasteiger partial charge in [0.15, 0.2) is 0 Å². The number of ether oxygens (including phenoxy) is 1. The SMILES string of the molecule is C=CCC1Cc2c(OC)cccc2C([N+](=O)[O-])=C1N[C@@H](C)c1cccc2ccccc12. The van der Waals surface area contributed by atoms with E-state index < -0.39 is 0 Å². The molecule has 0 bridgehead atoms. The van der Waals surface area contributed by atoms with Crippen LogP contribution in [0, 0.1) is 16.0 Å². The topological polar surface area (TPSA) is 64.4 Å². The molecule has 1 aliphatic carbocycles. The lowest BCUT2D eigenvalue weighted by Crippen LogP contribution is -2.31. The van der Waals surface area contributed by atoms with Crippen molar-refractivity contribution in [1.82, 2.24) is 5.32 Å². The molecule has 2 atom stereocenters. The lowest BCUT2D eigenvalue weighted by atomic mass is 9.82. The van der Waals surface area contributed by atoms with Gasteiger partial charge in [-0.1, -0.05) is 54.6 Å². The van der Waals surface area contributed by atoms with Crippen LogP contribution in [0.4, 0.5) is 0 Å². The van der Waals surface area contributed by atoms with Gasteiger partial charge in [-0.25, -0.2) is 0 Å². The van der Waals surface area contributed by atoms with Crippen LogP contribution in [0.25, 0.3) is 16.5 Å². The van der Waals surface area contributed by atoms with Crippen LogP contribution in [0.2, 0.25) is 0 Å². The summed E-state index contributed by atoms with van der Waals surface area (Å²) in [4.78, 5) is 12.0. The fourth-order valence-corrected chi connectivity index (χ4v) is 4.60. The Morgan fingerprint density at radius 3 is 2.68 bits per heavy atom. The zero-order valence-corrected chi connectivity index (χ0v) is 17.8. The Hall–Kier alpha value is -3.60. The van der Waals surface area contributed by atoms with E-state index in [9.17, 15) is 10.1 Å². The van der Waals surface area contributed by atoms with E-state index in [2.05, 4.69) is 43.1 Å². The molecular formula is C26H26N2O3. The number of nitrogens with one attached hydrogen (secondary N) is 1. The van der Waals surface area contributed by atoms with Crippen LogP contribution in [0.15, 0.2) is 79.0 Å². The molecule has 5 heteroatoms. The molecule has 0 fully saturated rings. The molecule has 1 aliphatic rings. The van der Waals surface area contributed by atoms with Gasteiger partial charge in [0.1, 0.15) is 5.75 Å². The van der Waals surface area contributed by atoms with Crippen LogP contribution in [-0.2, 0) is 6.42 Å². The van der Waals surface area contributed by atoms with Crippen molar-refractivity contribution in [2.45, 2.75) is 25.8 Å². The van der Waals surface area contributed by atoms with Gasteiger partial charge in [0.05, 0.1) is 23.3 Å². The van der Waals surface area contributed by atoms with Crippen molar-refractivity contribution in [2.75, 3.05) is 7.11 Å². The first-order valence-electron chi connectivity index (χ1n) is 10.4. The highest BCUT2D eigenvalue weighted by molar-refractivity contribution is 5.86. The lowest BCUT2D eigenvalue weighted by Gasteiger charge is -2.30. The van der Waals surface area contributed by atoms with Crippen LogP contribution in [0.1, 0.15) is 36.1 Å². The number of fused-ring (bicyclic) bond motifs is 2. The van der Waals surface area contributed by atoms with Crippen molar-refractivity contribution in [2.24, 2.45) is 5.92 Å². The highest BCUT2D eigenvalue weighted by Gasteiger charge is 2.36. The summed E-state index contributed by atoms with van der Waals surface area (Å²) in [7, 11) is 1.60. The maximum absolute atomic E-state index is 12.2. The largest absolute Gasteiger partial charge is 0.496 e. The Kier molecular flexibility index (Phi) is 5.76. The number of allylic oxidation sites excluding steroid dienone is 2. The Morgan fingerprint density at radius 2 is 1.94 bits per heavy atom. The van der Waals surface area contributed by atoms with Crippen molar-refractivity contribution in [1.29, 1.82) is 0 Å². The number of nitro groups is 1. The second-order valence-electron chi connectivity index (χ2n) is 7.87. The van der Waals surface area contributed by atoms with Crippen LogP contribution in [0.5, 0.6) is 5.75 Å². The third-order valence-corrected chi connectivity index (χ3v) is 6.02. The zero-order valence-electron chi connectivity index (χ0n) is 17.8. The summed E-state index contributed by atoms with van der Waals surface area (Å²) in [5.74, 6) is 0.617. The van der Waals surface area contributed by atoms with Gasteiger partial charge in [0.2, 0.25) is 0 Å². The molecule has 0 radical (unpaired) electrons. The fraction of sp³-hybridized carbons (Fsp3) is 0.231. The van der Waals surface area contributed by atoms with Gasteiger partial charge in [-0.2, -0.15) is 0 Å². The van der Waals surface area contributed by atoms with E-state index in [0.29, 0.717) is 29.9 Å². The quantitative estimate of drug-likeness (QED) is 0.297. The molecule has 3 aromatic carbocycles. The predicted octanol–water partition coefficient (Wildman–Crippen LogP) is 5.89. The Balaban J connectivity index is 1.84. The summed E-state index contributed by atoms with van der Waals surface area (Å²) < 4.78 is 5.51. The summed E-state index contributed by atoms with van der Waals surface area (Å²) in [5.41, 5.74) is 3.40. The lowest BCUT2D eigenvalue weighted by molar-refractivity contribution is -0.377. The van der Waals surface area contributed by atoms with E-state index in [1.807, 2.05) is 36.4 Å². The molecule has 3 aromatic rings. The van der Waals surface area contributed by atoms with Gasteiger partial charge in [-0.15, -0.1) is 6.58 Å². The van der Waals surface area contributed by atoms with Crippen molar-refractivity contribution in [3.05, 3.63) is 106 Å². The fourth-order valence-electron chi connectivity index (χ4n) is 4.60. The molecule has 4 rings (SSSR count). The third-order valence-electron chi connectivity index (χ3n) is 6.02. The minimum atomic E-state index is -0.272. The summed E-state index contributed by atoms with van der Waals surface area (Å²) in [6, 6.07) is 19.8. The summed E-state index contributed by atoms with van der Waals surface area (Å²) in [6.45, 7) is 5.94. The molecule has 0 heterocycles. The first-order valence-corrected chi connectivity index (χ1v) is 10.4. The molecule has 0 aromatic heterocycles. The summed E-state index contributed by atoms with van der Waals surface area (Å²) in [5, 5.41) is 18.1. The van der Waals surface area contributed by atoms with Gasteiger partial charge in [0.25, 0.3) is 5.70 Å². The van der Waals surface area contributed by atoms with Gasteiger partial charge >= 0.3 is 0 Å². The average Bonchev–Trinajstić information content (AvgIpc) is 2.78. The molecule has 158 valence electrons. The van der Waals surface area contributed by atoms with Crippen molar-refractivity contribution in [3.63, 3.8) is 0 Å². The van der Waals surface area contributed by atoms with Crippen molar-refractivity contribution in [3.8, 4) is 5.75 Å². The predicted molar refractivity (Wildman–Crippen MR) is 124 cm³/mol. The molecule has 0 amide bonds. The number of hydrogen-bond acceptors (Lipinski definition) is 4. The van der Waals surface area contributed by atoms with E-state index in [1.165, 1.54) is 0 Å². The number of hydrogen-bond donors (Lipinski definition) is 1. The van der Waals surface area contributed by atoms with E-state index in [1.54, 1.807) is 13.2 Å². The number of nitrogens with zero attached hydrogens (tertiary/aromatic N) is 1. The first kappa shape index (κ1) is 20.7. The van der Waals surface area contributed by atoms with Gasteiger partial charge in [0, 0.05) is 17.5 Å².